The molecule has 0 aliphatic rings. The fourth-order valence-electron chi connectivity index (χ4n) is 0.865. The van der Waals surface area contributed by atoms with Gasteiger partial charge < -0.3 is 4.84 Å². The van der Waals surface area contributed by atoms with Gasteiger partial charge in [0.2, 0.25) is 0 Å². The Hall–Kier alpha value is -0.390. The molecule has 0 aromatic carbocycles. The Morgan fingerprint density at radius 3 is 3.00 bits per heavy atom. The number of halogens is 1. The van der Waals surface area contributed by atoms with E-state index in [9.17, 15) is 0 Å². The summed E-state index contributed by atoms with van der Waals surface area (Å²) in [5.41, 5.74) is 1.10. The van der Waals surface area contributed by atoms with Crippen molar-refractivity contribution in [3.8, 4) is 0 Å². The van der Waals surface area contributed by atoms with Gasteiger partial charge in [0.05, 0.1) is 6.61 Å². The topological polar surface area (TPSA) is 53.1 Å². The fourth-order valence-corrected chi connectivity index (χ4v) is 1.37. The average Bonchev–Trinajstić information content (AvgIpc) is 2.26. The molecule has 4 nitrogen and oxygen atoms in total. The number of hydrogen-bond donors (Lipinski definition) is 1. The highest BCUT2D eigenvalue weighted by atomic mass is 79.9. The van der Waals surface area contributed by atoms with Gasteiger partial charge in [-0.2, -0.15) is 5.10 Å². The van der Waals surface area contributed by atoms with Gasteiger partial charge in [0.15, 0.2) is 0 Å². The molecule has 0 amide bonds. The summed E-state index contributed by atoms with van der Waals surface area (Å²) < 4.78 is 2.63. The van der Waals surface area contributed by atoms with Crippen LogP contribution in [0.2, 0.25) is 0 Å². The predicted octanol–water partition coefficient (Wildman–Crippen LogP) is 0.615. The Kier molecular flexibility index (Phi) is 3.04. The van der Waals surface area contributed by atoms with E-state index in [1.165, 1.54) is 0 Å². The summed E-state index contributed by atoms with van der Waals surface area (Å²) in [5, 5.41) is 4.10. The number of aromatic nitrogens is 2. The smallest absolute Gasteiger partial charge is 0.128 e. The summed E-state index contributed by atoms with van der Waals surface area (Å²) in [6.45, 7) is 0.520. The second-order valence-electron chi connectivity index (χ2n) is 2.20. The third-order valence-corrected chi connectivity index (χ3v) is 1.81. The van der Waals surface area contributed by atoms with Crippen LogP contribution in [0.1, 0.15) is 5.69 Å². The van der Waals surface area contributed by atoms with Crippen molar-refractivity contribution in [2.24, 2.45) is 12.9 Å². The van der Waals surface area contributed by atoms with Crippen molar-refractivity contribution in [3.63, 3.8) is 0 Å². The van der Waals surface area contributed by atoms with Gasteiger partial charge in [-0.3, -0.25) is 4.68 Å². The van der Waals surface area contributed by atoms with Crippen LogP contribution in [-0.2, 0) is 18.3 Å². The zero-order valence-corrected chi connectivity index (χ0v) is 7.84. The monoisotopic (exact) mass is 219 g/mol. The normalized spacial score (nSPS) is 10.5. The SMILES string of the molecule is Cn1nc(Br)cc1CCON. The van der Waals surface area contributed by atoms with E-state index in [2.05, 4.69) is 25.9 Å². The standard InChI is InChI=1S/C6H10BrN3O/c1-10-5(2-3-11-8)4-6(7)9-10/h4H,2-3,8H2,1H3. The molecule has 62 valence electrons. The van der Waals surface area contributed by atoms with Crippen LogP contribution in [0.15, 0.2) is 10.7 Å². The first-order valence-corrected chi connectivity index (χ1v) is 4.03. The summed E-state index contributed by atoms with van der Waals surface area (Å²) >= 11 is 3.27. The van der Waals surface area contributed by atoms with Gasteiger partial charge in [0.1, 0.15) is 4.60 Å². The highest BCUT2D eigenvalue weighted by molar-refractivity contribution is 9.10. The Morgan fingerprint density at radius 2 is 2.55 bits per heavy atom. The molecule has 0 unspecified atom stereocenters. The van der Waals surface area contributed by atoms with Gasteiger partial charge in [-0.1, -0.05) is 0 Å². The van der Waals surface area contributed by atoms with Gasteiger partial charge >= 0.3 is 0 Å². The lowest BCUT2D eigenvalue weighted by molar-refractivity contribution is 0.140. The summed E-state index contributed by atoms with van der Waals surface area (Å²) in [4.78, 5) is 4.45. The van der Waals surface area contributed by atoms with Gasteiger partial charge in [-0.25, -0.2) is 5.90 Å². The van der Waals surface area contributed by atoms with Gasteiger partial charge in [0.25, 0.3) is 0 Å². The molecule has 1 heterocycles. The lowest BCUT2D eigenvalue weighted by Gasteiger charge is -1.98. The number of aryl methyl sites for hydroxylation is 1. The number of hydrogen-bond acceptors (Lipinski definition) is 3. The molecular formula is C6H10BrN3O. The van der Waals surface area contributed by atoms with Crippen molar-refractivity contribution in [2.45, 2.75) is 6.42 Å². The largest absolute Gasteiger partial charge is 0.304 e. The summed E-state index contributed by atoms with van der Waals surface area (Å²) in [7, 11) is 1.89. The van der Waals surface area contributed by atoms with E-state index in [-0.39, 0.29) is 0 Å². The molecule has 5 heteroatoms. The number of rotatable bonds is 3. The Labute approximate surface area is 73.4 Å². The Balaban J connectivity index is 2.62. The minimum absolute atomic E-state index is 0.520. The maximum atomic E-state index is 4.89. The lowest BCUT2D eigenvalue weighted by Crippen LogP contribution is -2.06. The van der Waals surface area contributed by atoms with E-state index in [1.807, 2.05) is 13.1 Å². The van der Waals surface area contributed by atoms with Crippen molar-refractivity contribution in [1.29, 1.82) is 0 Å². The first-order chi connectivity index (χ1) is 5.24. The fraction of sp³-hybridized carbons (Fsp3) is 0.500. The van der Waals surface area contributed by atoms with Crippen molar-refractivity contribution in [1.82, 2.24) is 9.78 Å². The maximum Gasteiger partial charge on any atom is 0.128 e. The molecule has 1 aromatic rings. The van der Waals surface area contributed by atoms with E-state index in [4.69, 9.17) is 5.90 Å². The van der Waals surface area contributed by atoms with Crippen LogP contribution < -0.4 is 5.90 Å². The third-order valence-electron chi connectivity index (χ3n) is 1.42. The van der Waals surface area contributed by atoms with Crippen LogP contribution in [-0.4, -0.2) is 16.4 Å². The molecule has 0 saturated heterocycles. The summed E-state index contributed by atoms with van der Waals surface area (Å²) in [5.74, 6) is 4.89. The molecule has 0 fully saturated rings. The van der Waals surface area contributed by atoms with Crippen LogP contribution >= 0.6 is 15.9 Å². The van der Waals surface area contributed by atoms with Crippen LogP contribution in [0.5, 0.6) is 0 Å². The number of nitrogens with zero attached hydrogens (tertiary/aromatic N) is 2. The molecule has 0 bridgehead atoms. The van der Waals surface area contributed by atoms with E-state index in [1.54, 1.807) is 4.68 Å². The predicted molar refractivity (Wildman–Crippen MR) is 44.8 cm³/mol. The molecule has 0 atom stereocenters. The molecule has 0 radical (unpaired) electrons. The zero-order chi connectivity index (χ0) is 8.27. The Morgan fingerprint density at radius 1 is 1.82 bits per heavy atom. The summed E-state index contributed by atoms with van der Waals surface area (Å²) in [6, 6.07) is 1.94. The molecule has 11 heavy (non-hydrogen) atoms. The molecule has 0 aliphatic heterocycles. The first-order valence-electron chi connectivity index (χ1n) is 3.24. The average molecular weight is 220 g/mol. The van der Waals surface area contributed by atoms with Crippen LogP contribution in [0.3, 0.4) is 0 Å². The molecule has 0 spiro atoms. The van der Waals surface area contributed by atoms with Crippen molar-refractivity contribution in [3.05, 3.63) is 16.4 Å². The minimum Gasteiger partial charge on any atom is -0.304 e. The maximum absolute atomic E-state index is 4.89. The Bertz CT molecular complexity index is 236. The first kappa shape index (κ1) is 8.70. The molecule has 1 aromatic heterocycles. The molecular weight excluding hydrogens is 210 g/mol. The zero-order valence-electron chi connectivity index (χ0n) is 6.25. The van der Waals surface area contributed by atoms with E-state index >= 15 is 0 Å². The molecule has 2 N–H and O–H groups in total. The third kappa shape index (κ3) is 2.28. The van der Waals surface area contributed by atoms with Crippen LogP contribution in [0.4, 0.5) is 0 Å². The van der Waals surface area contributed by atoms with Crippen molar-refractivity contribution >= 4 is 15.9 Å². The number of nitrogens with two attached hydrogens (primary N) is 1. The van der Waals surface area contributed by atoms with Gasteiger partial charge in [0, 0.05) is 19.2 Å². The van der Waals surface area contributed by atoms with E-state index in [0.29, 0.717) is 6.61 Å². The summed E-state index contributed by atoms with van der Waals surface area (Å²) in [6.07, 6.45) is 0.783. The van der Waals surface area contributed by atoms with Crippen LogP contribution in [0.25, 0.3) is 0 Å². The van der Waals surface area contributed by atoms with Gasteiger partial charge in [-0.15, -0.1) is 0 Å². The lowest BCUT2D eigenvalue weighted by atomic mass is 10.3. The molecule has 0 saturated carbocycles. The van der Waals surface area contributed by atoms with Gasteiger partial charge in [-0.05, 0) is 22.0 Å². The highest BCUT2D eigenvalue weighted by Crippen LogP contribution is 2.09. The molecule has 0 aliphatic carbocycles. The second-order valence-corrected chi connectivity index (χ2v) is 3.02. The van der Waals surface area contributed by atoms with Crippen molar-refractivity contribution in [2.75, 3.05) is 6.61 Å². The minimum atomic E-state index is 0.520. The van der Waals surface area contributed by atoms with E-state index < -0.39 is 0 Å². The second kappa shape index (κ2) is 3.85. The van der Waals surface area contributed by atoms with Crippen LogP contribution in [0, 0.1) is 0 Å². The van der Waals surface area contributed by atoms with E-state index in [0.717, 1.165) is 16.7 Å². The van der Waals surface area contributed by atoms with Crippen molar-refractivity contribution < 1.29 is 4.84 Å². The highest BCUT2D eigenvalue weighted by Gasteiger charge is 2.01. The molecule has 1 rings (SSSR count). The quantitative estimate of drug-likeness (QED) is 0.759.